The van der Waals surface area contributed by atoms with Crippen molar-refractivity contribution in [2.75, 3.05) is 0 Å². The summed E-state index contributed by atoms with van der Waals surface area (Å²) in [6, 6.07) is 12.7. The van der Waals surface area contributed by atoms with Gasteiger partial charge in [-0.05, 0) is 11.6 Å². The number of aliphatic imine (C=N–C) groups is 1. The number of hydrogen-bond donors (Lipinski definition) is 0. The van der Waals surface area contributed by atoms with E-state index in [-0.39, 0.29) is 5.78 Å². The highest BCUT2D eigenvalue weighted by Crippen LogP contribution is 2.28. The Kier molecular flexibility index (Phi) is 2.77. The van der Waals surface area contributed by atoms with Gasteiger partial charge >= 0.3 is 0 Å². The first-order valence-corrected chi connectivity index (χ1v) is 6.14. The van der Waals surface area contributed by atoms with Gasteiger partial charge < -0.3 is 0 Å². The molecule has 3 nitrogen and oxygen atoms in total. The van der Waals surface area contributed by atoms with Crippen LogP contribution in [0.1, 0.15) is 32.6 Å². The van der Waals surface area contributed by atoms with Crippen molar-refractivity contribution in [3.05, 3.63) is 76.9 Å². The molecule has 3 rings (SSSR count). The Hall–Kier alpha value is -2.99. The highest BCUT2D eigenvalue weighted by atomic mass is 16.1. The summed E-state index contributed by atoms with van der Waals surface area (Å²) < 4.78 is 0. The molecule has 94 valence electrons. The molecule has 0 fully saturated rings. The van der Waals surface area contributed by atoms with Gasteiger partial charge in [0.1, 0.15) is 0 Å². The minimum absolute atomic E-state index is 0.0452. The van der Waals surface area contributed by atoms with E-state index in [9.17, 15) is 4.79 Å². The van der Waals surface area contributed by atoms with Crippen LogP contribution in [0.5, 0.6) is 0 Å². The molecule has 1 aliphatic rings. The molecule has 0 aromatic heterocycles. The zero-order valence-corrected chi connectivity index (χ0v) is 10.6. The third-order valence-corrected chi connectivity index (χ3v) is 3.37. The molecular weight excluding hydrogens is 248 g/mol. The fraction of sp³-hybridized carbons (Fsp3) is 0. The van der Waals surface area contributed by atoms with E-state index in [2.05, 4.69) is 11.6 Å². The summed E-state index contributed by atoms with van der Waals surface area (Å²) >= 11 is 0. The largest absolute Gasteiger partial charge is 0.289 e. The second kappa shape index (κ2) is 4.60. The molecule has 20 heavy (non-hydrogen) atoms. The molecule has 0 amide bonds. The average molecular weight is 258 g/mol. The summed E-state index contributed by atoms with van der Waals surface area (Å²) in [5, 5.41) is 8.90. The smallest absolute Gasteiger partial charge is 0.206 e. The molecule has 0 bridgehead atoms. The second-order valence-corrected chi connectivity index (χ2v) is 4.44. The van der Waals surface area contributed by atoms with Gasteiger partial charge in [0, 0.05) is 22.3 Å². The SMILES string of the molecule is C=Cc1ccc2c(c1)C(=O)c1ccccc1C2=NC#N. The van der Waals surface area contributed by atoms with Gasteiger partial charge in [0.2, 0.25) is 6.19 Å². The summed E-state index contributed by atoms with van der Waals surface area (Å²) in [4.78, 5) is 16.5. The Morgan fingerprint density at radius 2 is 1.75 bits per heavy atom. The molecule has 3 heteroatoms. The summed E-state index contributed by atoms with van der Waals surface area (Å²) in [5.41, 5.74) is 3.96. The van der Waals surface area contributed by atoms with Crippen molar-refractivity contribution in [1.82, 2.24) is 0 Å². The number of rotatable bonds is 1. The van der Waals surface area contributed by atoms with Gasteiger partial charge in [0.05, 0.1) is 5.71 Å². The van der Waals surface area contributed by atoms with E-state index >= 15 is 0 Å². The number of carbonyl (C=O) groups is 1. The molecule has 0 saturated carbocycles. The first-order valence-electron chi connectivity index (χ1n) is 6.14. The molecule has 0 heterocycles. The Balaban J connectivity index is 2.35. The van der Waals surface area contributed by atoms with E-state index < -0.39 is 0 Å². The molecule has 0 spiro atoms. The number of benzene rings is 2. The molecule has 0 aliphatic heterocycles. The van der Waals surface area contributed by atoms with Crippen LogP contribution in [0, 0.1) is 11.5 Å². The maximum atomic E-state index is 12.6. The van der Waals surface area contributed by atoms with Crippen LogP contribution >= 0.6 is 0 Å². The number of nitriles is 1. The summed E-state index contributed by atoms with van der Waals surface area (Å²) in [6.45, 7) is 3.71. The van der Waals surface area contributed by atoms with Crippen molar-refractivity contribution in [2.45, 2.75) is 0 Å². The van der Waals surface area contributed by atoms with Crippen LogP contribution < -0.4 is 0 Å². The molecule has 1 aliphatic carbocycles. The van der Waals surface area contributed by atoms with Gasteiger partial charge in [-0.2, -0.15) is 10.3 Å². The van der Waals surface area contributed by atoms with Crippen molar-refractivity contribution in [2.24, 2.45) is 4.99 Å². The van der Waals surface area contributed by atoms with Gasteiger partial charge in [-0.15, -0.1) is 0 Å². The van der Waals surface area contributed by atoms with Crippen LogP contribution in [0.25, 0.3) is 6.08 Å². The Labute approximate surface area is 116 Å². The number of fused-ring (bicyclic) bond motifs is 2. The molecule has 2 aromatic carbocycles. The normalized spacial score (nSPS) is 14.3. The van der Waals surface area contributed by atoms with Crippen molar-refractivity contribution in [3.63, 3.8) is 0 Å². The first-order chi connectivity index (χ1) is 9.76. The maximum Gasteiger partial charge on any atom is 0.206 e. The molecule has 0 saturated heterocycles. The number of carbonyl (C=O) groups excluding carboxylic acids is 1. The first kappa shape index (κ1) is 12.1. The van der Waals surface area contributed by atoms with Gasteiger partial charge in [0.15, 0.2) is 5.78 Å². The van der Waals surface area contributed by atoms with E-state index in [1.807, 2.05) is 36.5 Å². The highest BCUT2D eigenvalue weighted by molar-refractivity contribution is 6.30. The quantitative estimate of drug-likeness (QED) is 0.629. The number of nitrogens with zero attached hydrogens (tertiary/aromatic N) is 2. The van der Waals surface area contributed by atoms with Crippen LogP contribution in [0.2, 0.25) is 0 Å². The lowest BCUT2D eigenvalue weighted by Gasteiger charge is -2.19. The van der Waals surface area contributed by atoms with Crippen LogP contribution in [0.3, 0.4) is 0 Å². The van der Waals surface area contributed by atoms with Crippen LogP contribution in [-0.2, 0) is 0 Å². The van der Waals surface area contributed by atoms with Crippen LogP contribution in [0.15, 0.2) is 54.0 Å². The molecule has 0 atom stereocenters. The van der Waals surface area contributed by atoms with Crippen molar-refractivity contribution >= 4 is 17.6 Å². The van der Waals surface area contributed by atoms with Gasteiger partial charge in [-0.1, -0.05) is 49.1 Å². The fourth-order valence-electron chi connectivity index (χ4n) is 2.43. The van der Waals surface area contributed by atoms with Crippen molar-refractivity contribution < 1.29 is 4.79 Å². The van der Waals surface area contributed by atoms with Gasteiger partial charge in [-0.3, -0.25) is 4.79 Å². The second-order valence-electron chi connectivity index (χ2n) is 4.44. The topological polar surface area (TPSA) is 53.2 Å². The van der Waals surface area contributed by atoms with Gasteiger partial charge in [-0.25, -0.2) is 0 Å². The molecule has 0 radical (unpaired) electrons. The van der Waals surface area contributed by atoms with Crippen molar-refractivity contribution in [3.8, 4) is 6.19 Å². The predicted octanol–water partition coefficient (Wildman–Crippen LogP) is 3.19. The summed E-state index contributed by atoms with van der Waals surface area (Å²) in [6.07, 6.45) is 3.51. The van der Waals surface area contributed by atoms with E-state index in [1.54, 1.807) is 18.2 Å². The summed E-state index contributed by atoms with van der Waals surface area (Å²) in [7, 11) is 0. The average Bonchev–Trinajstić information content (AvgIpc) is 2.51. The predicted molar refractivity (Wildman–Crippen MR) is 77.7 cm³/mol. The van der Waals surface area contributed by atoms with E-state index in [0.717, 1.165) is 5.56 Å². The maximum absolute atomic E-state index is 12.6. The monoisotopic (exact) mass is 258 g/mol. The fourth-order valence-corrected chi connectivity index (χ4v) is 2.43. The van der Waals surface area contributed by atoms with Crippen LogP contribution in [-0.4, -0.2) is 11.5 Å². The third-order valence-electron chi connectivity index (χ3n) is 3.37. The zero-order chi connectivity index (χ0) is 14.1. The third kappa shape index (κ3) is 1.67. The molecular formula is C17H10N2O. The number of hydrogen-bond acceptors (Lipinski definition) is 3. The molecule has 0 N–H and O–H groups in total. The standard InChI is InChI=1S/C17H10N2O/c1-2-11-7-8-13-15(9-11)17(20)14-6-4-3-5-12(14)16(13)19-10-18/h2-9H,1H2. The van der Waals surface area contributed by atoms with E-state index in [0.29, 0.717) is 28.0 Å². The Morgan fingerprint density at radius 1 is 1.05 bits per heavy atom. The van der Waals surface area contributed by atoms with Crippen LogP contribution in [0.4, 0.5) is 0 Å². The minimum Gasteiger partial charge on any atom is -0.289 e. The number of ketones is 1. The lowest BCUT2D eigenvalue weighted by atomic mass is 9.83. The highest BCUT2D eigenvalue weighted by Gasteiger charge is 2.27. The van der Waals surface area contributed by atoms with Crippen molar-refractivity contribution in [1.29, 1.82) is 5.26 Å². The van der Waals surface area contributed by atoms with E-state index in [4.69, 9.17) is 5.26 Å². The zero-order valence-electron chi connectivity index (χ0n) is 10.6. The molecule has 2 aromatic rings. The lowest BCUT2D eigenvalue weighted by Crippen LogP contribution is -2.21. The molecule has 0 unspecified atom stereocenters. The van der Waals surface area contributed by atoms with Gasteiger partial charge in [0.25, 0.3) is 0 Å². The Morgan fingerprint density at radius 3 is 2.45 bits per heavy atom. The van der Waals surface area contributed by atoms with E-state index in [1.165, 1.54) is 0 Å². The minimum atomic E-state index is -0.0452. The lowest BCUT2D eigenvalue weighted by molar-refractivity contribution is 0.103. The summed E-state index contributed by atoms with van der Waals surface area (Å²) in [5.74, 6) is -0.0452. The Bertz CT molecular complexity index is 810.